The van der Waals surface area contributed by atoms with Crippen LogP contribution in [-0.4, -0.2) is 32.5 Å². The Balaban J connectivity index is 2.88. The Hall–Kier alpha value is -0.0900. The highest BCUT2D eigenvalue weighted by atomic mass is 32.2. The summed E-state index contributed by atoms with van der Waals surface area (Å²) in [4.78, 5) is 0. The highest BCUT2D eigenvalue weighted by Crippen LogP contribution is 2.38. The summed E-state index contributed by atoms with van der Waals surface area (Å²) in [6, 6.07) is 0.132. The molecule has 4 heteroatoms. The van der Waals surface area contributed by atoms with Gasteiger partial charge in [0.05, 0.1) is 11.0 Å². The van der Waals surface area contributed by atoms with Crippen LogP contribution >= 0.6 is 0 Å². The van der Waals surface area contributed by atoms with E-state index in [1.54, 1.807) is 0 Å². The molecule has 0 radical (unpaired) electrons. The highest BCUT2D eigenvalue weighted by Gasteiger charge is 2.41. The largest absolute Gasteiger partial charge is 0.316 e. The zero-order chi connectivity index (χ0) is 14.0. The van der Waals surface area contributed by atoms with Crippen molar-refractivity contribution >= 4 is 9.84 Å². The first kappa shape index (κ1) is 16.0. The maximum Gasteiger partial charge on any atom is 0.154 e. The van der Waals surface area contributed by atoms with Crippen LogP contribution in [-0.2, 0) is 9.84 Å². The van der Waals surface area contributed by atoms with E-state index >= 15 is 0 Å². The van der Waals surface area contributed by atoms with Gasteiger partial charge >= 0.3 is 0 Å². The monoisotopic (exact) mass is 275 g/mol. The fourth-order valence-corrected chi connectivity index (χ4v) is 5.62. The van der Waals surface area contributed by atoms with Crippen LogP contribution in [0.1, 0.15) is 53.4 Å². The van der Waals surface area contributed by atoms with Gasteiger partial charge < -0.3 is 5.32 Å². The van der Waals surface area contributed by atoms with Crippen LogP contribution < -0.4 is 5.32 Å². The number of hydrogen-bond acceptors (Lipinski definition) is 3. The molecule has 1 saturated carbocycles. The maximum absolute atomic E-state index is 12.6. The summed E-state index contributed by atoms with van der Waals surface area (Å²) in [6.45, 7) is 8.45. The first-order valence-electron chi connectivity index (χ1n) is 7.10. The quantitative estimate of drug-likeness (QED) is 0.839. The van der Waals surface area contributed by atoms with Crippen LogP contribution in [0.15, 0.2) is 0 Å². The summed E-state index contributed by atoms with van der Waals surface area (Å²) in [5.41, 5.74) is 0.153. The molecule has 0 aromatic carbocycles. The summed E-state index contributed by atoms with van der Waals surface area (Å²) in [6.07, 6.45) is 3.79. The van der Waals surface area contributed by atoms with Crippen molar-refractivity contribution in [3.63, 3.8) is 0 Å². The van der Waals surface area contributed by atoms with E-state index < -0.39 is 9.84 Å². The molecule has 0 spiro atoms. The van der Waals surface area contributed by atoms with Gasteiger partial charge in [-0.1, -0.05) is 34.1 Å². The number of hydrogen-bond donors (Lipinski definition) is 1. The molecule has 1 fully saturated rings. The van der Waals surface area contributed by atoms with E-state index in [1.165, 1.54) is 0 Å². The van der Waals surface area contributed by atoms with Crippen LogP contribution in [0.4, 0.5) is 0 Å². The Morgan fingerprint density at radius 1 is 1.39 bits per heavy atom. The predicted octanol–water partition coefficient (Wildman–Crippen LogP) is 2.61. The lowest BCUT2D eigenvalue weighted by Crippen LogP contribution is -2.49. The number of sulfone groups is 1. The molecule has 1 rings (SSSR count). The first-order chi connectivity index (χ1) is 8.22. The van der Waals surface area contributed by atoms with Crippen LogP contribution in [0.5, 0.6) is 0 Å². The summed E-state index contributed by atoms with van der Waals surface area (Å²) < 4.78 is 25.1. The van der Waals surface area contributed by atoms with Gasteiger partial charge in [0.15, 0.2) is 9.84 Å². The Labute approximate surface area is 113 Å². The van der Waals surface area contributed by atoms with E-state index in [1.807, 2.05) is 14.0 Å². The van der Waals surface area contributed by atoms with E-state index in [9.17, 15) is 8.42 Å². The SMILES string of the molecule is CCC(C)CS(=O)(=O)C1CC(C)(C)CCC1NC. The summed E-state index contributed by atoms with van der Waals surface area (Å²) >= 11 is 0. The Morgan fingerprint density at radius 3 is 2.50 bits per heavy atom. The molecule has 0 aliphatic heterocycles. The summed E-state index contributed by atoms with van der Waals surface area (Å²) in [5, 5.41) is 3.00. The minimum Gasteiger partial charge on any atom is -0.316 e. The van der Waals surface area contributed by atoms with E-state index in [0.29, 0.717) is 5.75 Å². The lowest BCUT2D eigenvalue weighted by Gasteiger charge is -2.40. The minimum absolute atomic E-state index is 0.132. The van der Waals surface area contributed by atoms with Crippen molar-refractivity contribution in [3.8, 4) is 0 Å². The van der Waals surface area contributed by atoms with Crippen LogP contribution in [0.3, 0.4) is 0 Å². The normalized spacial score (nSPS) is 30.1. The molecule has 1 aliphatic carbocycles. The Kier molecular flexibility index (Phi) is 5.24. The standard InChI is InChI=1S/C14H29NO2S/c1-6-11(2)10-18(16,17)13-9-14(3,4)8-7-12(13)15-5/h11-13,15H,6-10H2,1-5H3. The van der Waals surface area contributed by atoms with Crippen molar-refractivity contribution in [2.75, 3.05) is 12.8 Å². The second-order valence-electron chi connectivity index (χ2n) is 6.68. The zero-order valence-electron chi connectivity index (χ0n) is 12.5. The van der Waals surface area contributed by atoms with Gasteiger partial charge in [-0.05, 0) is 37.6 Å². The molecule has 1 aliphatic rings. The molecule has 0 amide bonds. The second-order valence-corrected chi connectivity index (χ2v) is 8.95. The van der Waals surface area contributed by atoms with Crippen molar-refractivity contribution in [1.82, 2.24) is 5.32 Å². The molecule has 3 atom stereocenters. The van der Waals surface area contributed by atoms with E-state index in [4.69, 9.17) is 0 Å². The van der Waals surface area contributed by atoms with Gasteiger partial charge in [-0.15, -0.1) is 0 Å². The van der Waals surface area contributed by atoms with Gasteiger partial charge in [-0.2, -0.15) is 0 Å². The average Bonchev–Trinajstić information content (AvgIpc) is 2.27. The predicted molar refractivity (Wildman–Crippen MR) is 77.5 cm³/mol. The third-order valence-corrected chi connectivity index (χ3v) is 6.83. The number of rotatable bonds is 5. The fourth-order valence-electron chi connectivity index (χ4n) is 2.87. The van der Waals surface area contributed by atoms with E-state index in [-0.39, 0.29) is 22.6 Å². The first-order valence-corrected chi connectivity index (χ1v) is 8.82. The fraction of sp³-hybridized carbons (Fsp3) is 1.00. The minimum atomic E-state index is -2.99. The van der Waals surface area contributed by atoms with E-state index in [0.717, 1.165) is 25.7 Å². The lowest BCUT2D eigenvalue weighted by atomic mass is 9.75. The maximum atomic E-state index is 12.6. The summed E-state index contributed by atoms with van der Waals surface area (Å²) in [7, 11) is -1.11. The lowest BCUT2D eigenvalue weighted by molar-refractivity contribution is 0.213. The van der Waals surface area contributed by atoms with Gasteiger partial charge in [0.25, 0.3) is 0 Å². The number of nitrogens with one attached hydrogen (secondary N) is 1. The van der Waals surface area contributed by atoms with Crippen molar-refractivity contribution < 1.29 is 8.42 Å². The summed E-state index contributed by atoms with van der Waals surface area (Å²) in [5.74, 6) is 0.597. The van der Waals surface area contributed by atoms with Crippen molar-refractivity contribution in [2.24, 2.45) is 11.3 Å². The molecule has 0 aromatic heterocycles. The van der Waals surface area contributed by atoms with Crippen molar-refractivity contribution in [2.45, 2.75) is 64.7 Å². The molecule has 108 valence electrons. The van der Waals surface area contributed by atoms with Crippen molar-refractivity contribution in [1.29, 1.82) is 0 Å². The van der Waals surface area contributed by atoms with Crippen LogP contribution in [0.25, 0.3) is 0 Å². The van der Waals surface area contributed by atoms with Crippen molar-refractivity contribution in [3.05, 3.63) is 0 Å². The molecule has 3 unspecified atom stereocenters. The third kappa shape index (κ3) is 3.95. The van der Waals surface area contributed by atoms with Crippen LogP contribution in [0, 0.1) is 11.3 Å². The third-order valence-electron chi connectivity index (χ3n) is 4.38. The average molecular weight is 275 g/mol. The Bertz CT molecular complexity index is 362. The molecule has 0 heterocycles. The molecular formula is C14H29NO2S. The molecule has 0 bridgehead atoms. The molecule has 0 aromatic rings. The van der Waals surface area contributed by atoms with Gasteiger partial charge in [-0.25, -0.2) is 8.42 Å². The molecule has 18 heavy (non-hydrogen) atoms. The van der Waals surface area contributed by atoms with Gasteiger partial charge in [0, 0.05) is 6.04 Å². The Morgan fingerprint density at radius 2 is 2.00 bits per heavy atom. The highest BCUT2D eigenvalue weighted by molar-refractivity contribution is 7.92. The van der Waals surface area contributed by atoms with Gasteiger partial charge in [0.1, 0.15) is 0 Å². The van der Waals surface area contributed by atoms with Gasteiger partial charge in [-0.3, -0.25) is 0 Å². The zero-order valence-corrected chi connectivity index (χ0v) is 13.3. The molecule has 0 saturated heterocycles. The molecule has 3 nitrogen and oxygen atoms in total. The van der Waals surface area contributed by atoms with Gasteiger partial charge in [0.2, 0.25) is 0 Å². The topological polar surface area (TPSA) is 46.2 Å². The second kappa shape index (κ2) is 5.91. The molecule has 1 N–H and O–H groups in total. The smallest absolute Gasteiger partial charge is 0.154 e. The van der Waals surface area contributed by atoms with E-state index in [2.05, 4.69) is 26.1 Å². The van der Waals surface area contributed by atoms with Crippen LogP contribution in [0.2, 0.25) is 0 Å². The molecular weight excluding hydrogens is 246 g/mol.